The van der Waals surface area contributed by atoms with Crippen molar-refractivity contribution in [1.82, 2.24) is 4.98 Å². The van der Waals surface area contributed by atoms with Gasteiger partial charge in [0, 0.05) is 24.7 Å². The highest BCUT2D eigenvalue weighted by Crippen LogP contribution is 2.21. The SMILES string of the molecule is COc1ccc(CN(Cc2ccc(OC)cc2)c2cc(C#N)c(B(O)O)cn2)cc1. The van der Waals surface area contributed by atoms with E-state index in [4.69, 9.17) is 9.47 Å². The fourth-order valence-electron chi connectivity index (χ4n) is 3.05. The molecule has 3 rings (SSSR count). The molecule has 0 amide bonds. The second kappa shape index (κ2) is 9.79. The van der Waals surface area contributed by atoms with Gasteiger partial charge in [-0.3, -0.25) is 0 Å². The predicted molar refractivity (Wildman–Crippen MR) is 115 cm³/mol. The summed E-state index contributed by atoms with van der Waals surface area (Å²) in [5, 5.41) is 28.3. The molecule has 152 valence electrons. The van der Waals surface area contributed by atoms with Crippen molar-refractivity contribution in [3.8, 4) is 17.6 Å². The highest BCUT2D eigenvalue weighted by Gasteiger charge is 2.19. The lowest BCUT2D eigenvalue weighted by Gasteiger charge is -2.25. The lowest BCUT2D eigenvalue weighted by molar-refractivity contribution is 0.414. The standard InChI is InChI=1S/C22H22BN3O4/c1-29-19-7-3-16(4-8-19)14-26(15-17-5-9-20(30-2)10-6-17)22-11-18(12-24)21(13-25-22)23(27)28/h3-11,13,27-28H,14-15H2,1-2H3. The van der Waals surface area contributed by atoms with Crippen molar-refractivity contribution in [2.75, 3.05) is 19.1 Å². The molecular formula is C22H22BN3O4. The molecule has 0 aliphatic carbocycles. The Morgan fingerprint density at radius 1 is 0.933 bits per heavy atom. The Kier molecular flexibility index (Phi) is 6.91. The molecule has 0 unspecified atom stereocenters. The molecule has 30 heavy (non-hydrogen) atoms. The zero-order valence-corrected chi connectivity index (χ0v) is 16.8. The average molecular weight is 403 g/mol. The first-order valence-electron chi connectivity index (χ1n) is 9.31. The van der Waals surface area contributed by atoms with Crippen LogP contribution in [0.1, 0.15) is 16.7 Å². The summed E-state index contributed by atoms with van der Waals surface area (Å²) in [6.45, 7) is 1.07. The minimum Gasteiger partial charge on any atom is -0.497 e. The number of methoxy groups -OCH3 is 2. The lowest BCUT2D eigenvalue weighted by Crippen LogP contribution is -2.34. The van der Waals surface area contributed by atoms with Crippen LogP contribution < -0.4 is 19.8 Å². The van der Waals surface area contributed by atoms with Crippen LogP contribution in [0, 0.1) is 11.3 Å². The molecule has 0 aliphatic heterocycles. The van der Waals surface area contributed by atoms with E-state index in [0.29, 0.717) is 18.9 Å². The van der Waals surface area contributed by atoms with E-state index in [9.17, 15) is 15.3 Å². The van der Waals surface area contributed by atoms with E-state index in [1.165, 1.54) is 6.20 Å². The summed E-state index contributed by atoms with van der Waals surface area (Å²) in [6, 6.07) is 19.0. The van der Waals surface area contributed by atoms with Crippen molar-refractivity contribution in [3.05, 3.63) is 77.5 Å². The molecular weight excluding hydrogens is 381 g/mol. The number of aromatic nitrogens is 1. The smallest absolute Gasteiger partial charge is 0.491 e. The van der Waals surface area contributed by atoms with E-state index in [1.54, 1.807) is 20.3 Å². The van der Waals surface area contributed by atoms with Gasteiger partial charge in [0.1, 0.15) is 17.3 Å². The molecule has 2 N–H and O–H groups in total. The fraction of sp³-hybridized carbons (Fsp3) is 0.182. The maximum Gasteiger partial charge on any atom is 0.491 e. The highest BCUT2D eigenvalue weighted by molar-refractivity contribution is 6.59. The van der Waals surface area contributed by atoms with Crippen molar-refractivity contribution < 1.29 is 19.5 Å². The van der Waals surface area contributed by atoms with Crippen LogP contribution in [0.2, 0.25) is 0 Å². The van der Waals surface area contributed by atoms with Gasteiger partial charge in [0.15, 0.2) is 0 Å². The van der Waals surface area contributed by atoms with Gasteiger partial charge in [-0.2, -0.15) is 5.26 Å². The Morgan fingerprint density at radius 2 is 1.43 bits per heavy atom. The molecule has 7 nitrogen and oxygen atoms in total. The minimum atomic E-state index is -1.75. The van der Waals surface area contributed by atoms with Gasteiger partial charge in [-0.05, 0) is 41.5 Å². The van der Waals surface area contributed by atoms with Crippen LogP contribution in [0.5, 0.6) is 11.5 Å². The number of hydrogen-bond acceptors (Lipinski definition) is 7. The average Bonchev–Trinajstić information content (AvgIpc) is 2.79. The van der Waals surface area contributed by atoms with Gasteiger partial charge in [0.05, 0.1) is 25.9 Å². The van der Waals surface area contributed by atoms with E-state index in [2.05, 4.69) is 4.98 Å². The van der Waals surface area contributed by atoms with Crippen LogP contribution in [0.25, 0.3) is 0 Å². The van der Waals surface area contributed by atoms with Crippen molar-refractivity contribution >= 4 is 18.4 Å². The molecule has 0 radical (unpaired) electrons. The summed E-state index contributed by atoms with van der Waals surface area (Å²) in [4.78, 5) is 6.39. The quantitative estimate of drug-likeness (QED) is 0.554. The number of hydrogen-bond donors (Lipinski definition) is 2. The minimum absolute atomic E-state index is 0.0788. The molecule has 0 spiro atoms. The molecule has 0 fully saturated rings. The van der Waals surface area contributed by atoms with Crippen LogP contribution in [0.4, 0.5) is 5.82 Å². The van der Waals surface area contributed by atoms with Crippen molar-refractivity contribution in [2.24, 2.45) is 0 Å². The second-order valence-corrected chi connectivity index (χ2v) is 6.67. The van der Waals surface area contributed by atoms with Gasteiger partial charge in [-0.15, -0.1) is 0 Å². The maximum atomic E-state index is 9.46. The third kappa shape index (κ3) is 5.09. The number of nitriles is 1. The first-order chi connectivity index (χ1) is 14.5. The molecule has 3 aromatic rings. The summed E-state index contributed by atoms with van der Waals surface area (Å²) in [5.41, 5.74) is 2.33. The Morgan fingerprint density at radius 3 is 1.83 bits per heavy atom. The summed E-state index contributed by atoms with van der Waals surface area (Å²) in [6.07, 6.45) is 1.33. The molecule has 0 atom stereocenters. The van der Waals surface area contributed by atoms with Gasteiger partial charge in [-0.25, -0.2) is 4.98 Å². The van der Waals surface area contributed by atoms with E-state index in [0.717, 1.165) is 22.6 Å². The Labute approximate surface area is 175 Å². The third-order valence-corrected chi connectivity index (χ3v) is 4.71. The molecule has 8 heteroatoms. The number of anilines is 1. The number of pyridine rings is 1. The lowest BCUT2D eigenvalue weighted by atomic mass is 9.78. The van der Waals surface area contributed by atoms with Crippen molar-refractivity contribution in [3.63, 3.8) is 0 Å². The first-order valence-corrected chi connectivity index (χ1v) is 9.31. The second-order valence-electron chi connectivity index (χ2n) is 6.67. The summed E-state index contributed by atoms with van der Waals surface area (Å²) >= 11 is 0. The predicted octanol–water partition coefficient (Wildman–Crippen LogP) is 1.86. The van der Waals surface area contributed by atoms with Crippen LogP contribution in [0.15, 0.2) is 60.8 Å². The Bertz CT molecular complexity index is 969. The molecule has 0 bridgehead atoms. The van der Waals surface area contributed by atoms with Crippen LogP contribution in [0.3, 0.4) is 0 Å². The molecule has 1 heterocycles. The summed E-state index contributed by atoms with van der Waals surface area (Å²) < 4.78 is 10.4. The Balaban J connectivity index is 1.94. The van der Waals surface area contributed by atoms with Gasteiger partial charge in [-0.1, -0.05) is 24.3 Å². The normalized spacial score (nSPS) is 10.2. The van der Waals surface area contributed by atoms with E-state index < -0.39 is 7.12 Å². The van der Waals surface area contributed by atoms with Crippen LogP contribution in [-0.4, -0.2) is 36.4 Å². The van der Waals surface area contributed by atoms with E-state index in [1.807, 2.05) is 59.5 Å². The summed E-state index contributed by atoms with van der Waals surface area (Å²) in [5.74, 6) is 2.10. The topological polar surface area (TPSA) is 98.8 Å². The fourth-order valence-corrected chi connectivity index (χ4v) is 3.05. The maximum absolute atomic E-state index is 9.46. The van der Waals surface area contributed by atoms with E-state index in [-0.39, 0.29) is 11.0 Å². The van der Waals surface area contributed by atoms with E-state index >= 15 is 0 Å². The van der Waals surface area contributed by atoms with Gasteiger partial charge >= 0.3 is 7.12 Å². The highest BCUT2D eigenvalue weighted by atomic mass is 16.5. The third-order valence-electron chi connectivity index (χ3n) is 4.71. The largest absolute Gasteiger partial charge is 0.497 e. The molecule has 0 saturated carbocycles. The molecule has 1 aromatic heterocycles. The van der Waals surface area contributed by atoms with Gasteiger partial charge in [0.2, 0.25) is 0 Å². The number of nitrogens with zero attached hydrogens (tertiary/aromatic N) is 3. The van der Waals surface area contributed by atoms with Gasteiger partial charge in [0.25, 0.3) is 0 Å². The van der Waals surface area contributed by atoms with Crippen molar-refractivity contribution in [2.45, 2.75) is 13.1 Å². The van der Waals surface area contributed by atoms with Crippen LogP contribution in [-0.2, 0) is 13.1 Å². The van der Waals surface area contributed by atoms with Crippen LogP contribution >= 0.6 is 0 Å². The number of ether oxygens (including phenoxy) is 2. The molecule has 0 saturated heterocycles. The summed E-state index contributed by atoms with van der Waals surface area (Å²) in [7, 11) is 1.49. The molecule has 2 aromatic carbocycles. The van der Waals surface area contributed by atoms with Gasteiger partial charge < -0.3 is 24.4 Å². The number of rotatable bonds is 8. The Hall–Kier alpha value is -3.54. The molecule has 0 aliphatic rings. The zero-order chi connectivity index (χ0) is 21.5. The zero-order valence-electron chi connectivity index (χ0n) is 16.8. The first kappa shape index (κ1) is 21.2. The monoisotopic (exact) mass is 403 g/mol. The number of benzene rings is 2. The van der Waals surface area contributed by atoms with Crippen molar-refractivity contribution in [1.29, 1.82) is 5.26 Å².